The van der Waals surface area contributed by atoms with Crippen LogP contribution in [0.15, 0.2) is 0 Å². The van der Waals surface area contributed by atoms with Crippen molar-refractivity contribution in [1.29, 1.82) is 0 Å². The van der Waals surface area contributed by atoms with E-state index in [1.807, 2.05) is 20.8 Å². The van der Waals surface area contributed by atoms with Crippen LogP contribution in [-0.4, -0.2) is 32.5 Å². The Bertz CT molecular complexity index is 353. The predicted molar refractivity (Wildman–Crippen MR) is 63.7 cm³/mol. The van der Waals surface area contributed by atoms with Gasteiger partial charge in [0, 0.05) is 0 Å². The zero-order valence-electron chi connectivity index (χ0n) is 9.45. The zero-order chi connectivity index (χ0) is 12.1. The van der Waals surface area contributed by atoms with Gasteiger partial charge in [0.2, 0.25) is 11.9 Å². The molecule has 0 spiro atoms. The minimum absolute atomic E-state index is 0.158. The van der Waals surface area contributed by atoms with Crippen LogP contribution < -0.4 is 10.1 Å². The average Bonchev–Trinajstić information content (AvgIpc) is 2.65. The summed E-state index contributed by atoms with van der Waals surface area (Å²) in [7, 11) is 0. The molecule has 1 atom stereocenters. The van der Waals surface area contributed by atoms with Crippen LogP contribution in [0.3, 0.4) is 0 Å². The van der Waals surface area contributed by atoms with Crippen LogP contribution in [0.5, 0.6) is 6.01 Å². The number of ether oxygens (including phenoxy) is 1. The highest BCUT2D eigenvalue weighted by Crippen LogP contribution is 2.14. The topological polar surface area (TPSA) is 79.9 Å². The Balaban J connectivity index is 2.56. The number of nitrogens with zero attached hydrogens (tertiary/aromatic N) is 2. The number of aromatic amines is 1. The van der Waals surface area contributed by atoms with Gasteiger partial charge < -0.3 is 4.74 Å². The number of amides is 1. The lowest BCUT2D eigenvalue weighted by molar-refractivity contribution is -0.116. The van der Waals surface area contributed by atoms with Gasteiger partial charge in [-0.1, -0.05) is 29.8 Å². The molecule has 7 heteroatoms. The first-order valence-electron chi connectivity index (χ1n) is 5.04. The summed E-state index contributed by atoms with van der Waals surface area (Å²) in [6.45, 7) is 6.22. The van der Waals surface area contributed by atoms with Crippen LogP contribution in [-0.2, 0) is 4.79 Å². The Hall–Kier alpha value is -1.11. The van der Waals surface area contributed by atoms with Crippen LogP contribution in [0.25, 0.3) is 0 Å². The second kappa shape index (κ2) is 5.83. The van der Waals surface area contributed by atoms with Crippen molar-refractivity contribution >= 4 is 27.8 Å². The summed E-state index contributed by atoms with van der Waals surface area (Å²) >= 11 is 3.30. The van der Waals surface area contributed by atoms with Gasteiger partial charge in [-0.3, -0.25) is 10.1 Å². The first-order chi connectivity index (χ1) is 7.54. The van der Waals surface area contributed by atoms with E-state index in [0.29, 0.717) is 12.6 Å². The number of carbonyl (C=O) groups excluding carboxylic acids is 1. The fraction of sp³-hybridized carbons (Fsp3) is 0.667. The largest absolute Gasteiger partial charge is 0.463 e. The van der Waals surface area contributed by atoms with Crippen molar-refractivity contribution in [2.75, 3.05) is 11.9 Å². The lowest BCUT2D eigenvalue weighted by Gasteiger charge is -2.11. The fourth-order valence-electron chi connectivity index (χ4n) is 0.984. The van der Waals surface area contributed by atoms with Crippen molar-refractivity contribution in [3.05, 3.63) is 0 Å². The van der Waals surface area contributed by atoms with Gasteiger partial charge in [-0.25, -0.2) is 5.10 Å². The molecule has 2 N–H and O–H groups in total. The van der Waals surface area contributed by atoms with Crippen molar-refractivity contribution in [1.82, 2.24) is 15.2 Å². The molecular weight excluding hydrogens is 276 g/mol. The minimum atomic E-state index is -0.256. The number of alkyl halides is 1. The van der Waals surface area contributed by atoms with Crippen molar-refractivity contribution < 1.29 is 9.53 Å². The van der Waals surface area contributed by atoms with Crippen molar-refractivity contribution in [3.63, 3.8) is 0 Å². The monoisotopic (exact) mass is 290 g/mol. The second-order valence-corrected chi connectivity index (χ2v) is 4.52. The molecule has 90 valence electrons. The molecule has 0 saturated carbocycles. The number of H-pyrrole nitrogens is 1. The number of halogens is 1. The highest BCUT2D eigenvalue weighted by molar-refractivity contribution is 9.10. The van der Waals surface area contributed by atoms with Gasteiger partial charge in [0.25, 0.3) is 0 Å². The second-order valence-electron chi connectivity index (χ2n) is 3.53. The molecule has 6 nitrogen and oxygen atoms in total. The fourth-order valence-corrected chi connectivity index (χ4v) is 1.10. The number of aromatic nitrogens is 3. The molecule has 0 bridgehead atoms. The molecule has 1 rings (SSSR count). The number of rotatable bonds is 5. The van der Waals surface area contributed by atoms with E-state index in [-0.39, 0.29) is 22.7 Å². The van der Waals surface area contributed by atoms with Gasteiger partial charge in [0.05, 0.1) is 11.4 Å². The maximum atomic E-state index is 11.6. The highest BCUT2D eigenvalue weighted by atomic mass is 79.9. The number of hydrogen-bond donors (Lipinski definition) is 2. The summed E-state index contributed by atoms with van der Waals surface area (Å²) in [5, 5.41) is 8.96. The summed E-state index contributed by atoms with van der Waals surface area (Å²) in [6.07, 6.45) is 0. The van der Waals surface area contributed by atoms with Crippen molar-refractivity contribution in [3.8, 4) is 6.01 Å². The summed E-state index contributed by atoms with van der Waals surface area (Å²) in [6, 6.07) is 0.230. The zero-order valence-corrected chi connectivity index (χ0v) is 11.0. The SMILES string of the molecule is CCOc1n[nH]c(NC(=O)C(Br)C(C)C)n1. The molecule has 0 aromatic carbocycles. The number of nitrogens with one attached hydrogen (secondary N) is 2. The third-order valence-corrected chi connectivity index (χ3v) is 3.29. The van der Waals surface area contributed by atoms with Gasteiger partial charge in [0.15, 0.2) is 0 Å². The van der Waals surface area contributed by atoms with E-state index in [1.165, 1.54) is 0 Å². The van der Waals surface area contributed by atoms with Crippen LogP contribution >= 0.6 is 15.9 Å². The van der Waals surface area contributed by atoms with Crippen molar-refractivity contribution in [2.24, 2.45) is 5.92 Å². The first-order valence-corrected chi connectivity index (χ1v) is 5.96. The van der Waals surface area contributed by atoms with Gasteiger partial charge in [-0.2, -0.15) is 4.98 Å². The maximum Gasteiger partial charge on any atom is 0.337 e. The standard InChI is InChI=1S/C9H15BrN4O2/c1-4-16-9-12-8(13-14-9)11-7(15)6(10)5(2)3/h5-6H,4H2,1-3H3,(H2,11,12,13,14,15). The molecule has 0 fully saturated rings. The number of anilines is 1. The minimum Gasteiger partial charge on any atom is -0.463 e. The van der Waals surface area contributed by atoms with Crippen LogP contribution in [0, 0.1) is 5.92 Å². The third-order valence-electron chi connectivity index (χ3n) is 1.82. The summed E-state index contributed by atoms with van der Waals surface area (Å²) in [5.74, 6) is 0.335. The lowest BCUT2D eigenvalue weighted by Crippen LogP contribution is -2.27. The summed E-state index contributed by atoms with van der Waals surface area (Å²) in [4.78, 5) is 15.3. The van der Waals surface area contributed by atoms with E-state index in [4.69, 9.17) is 4.74 Å². The Morgan fingerprint density at radius 3 is 2.88 bits per heavy atom. The van der Waals surface area contributed by atoms with Gasteiger partial charge in [0.1, 0.15) is 0 Å². The third kappa shape index (κ3) is 3.48. The average molecular weight is 291 g/mol. The molecule has 1 amide bonds. The normalized spacial score (nSPS) is 12.6. The molecule has 16 heavy (non-hydrogen) atoms. The van der Waals surface area contributed by atoms with Crippen LogP contribution in [0.4, 0.5) is 5.95 Å². The molecule has 1 unspecified atom stereocenters. The lowest BCUT2D eigenvalue weighted by atomic mass is 10.1. The summed E-state index contributed by atoms with van der Waals surface area (Å²) < 4.78 is 5.06. The van der Waals surface area contributed by atoms with Gasteiger partial charge in [-0.05, 0) is 12.8 Å². The quantitative estimate of drug-likeness (QED) is 0.807. The van der Waals surface area contributed by atoms with E-state index in [9.17, 15) is 4.79 Å². The maximum absolute atomic E-state index is 11.6. The molecule has 1 heterocycles. The highest BCUT2D eigenvalue weighted by Gasteiger charge is 2.19. The Labute approximate surface area is 102 Å². The molecular formula is C9H15BrN4O2. The van der Waals surface area contributed by atoms with Crippen molar-refractivity contribution in [2.45, 2.75) is 25.6 Å². The van der Waals surface area contributed by atoms with E-state index < -0.39 is 0 Å². The molecule has 0 saturated heterocycles. The predicted octanol–water partition coefficient (Wildman–Crippen LogP) is 1.56. The molecule has 1 aromatic heterocycles. The van der Waals surface area contributed by atoms with Crippen LogP contribution in [0.2, 0.25) is 0 Å². The van der Waals surface area contributed by atoms with Gasteiger partial charge >= 0.3 is 6.01 Å². The molecule has 0 aliphatic rings. The molecule has 0 radical (unpaired) electrons. The van der Waals surface area contributed by atoms with Crippen LogP contribution in [0.1, 0.15) is 20.8 Å². The number of hydrogen-bond acceptors (Lipinski definition) is 4. The Morgan fingerprint density at radius 2 is 2.31 bits per heavy atom. The number of carbonyl (C=O) groups is 1. The van der Waals surface area contributed by atoms with E-state index in [1.54, 1.807) is 0 Å². The summed E-state index contributed by atoms with van der Waals surface area (Å²) in [5.41, 5.74) is 0. The van der Waals surface area contributed by atoms with E-state index >= 15 is 0 Å². The van der Waals surface area contributed by atoms with Gasteiger partial charge in [-0.15, -0.1) is 5.10 Å². The smallest absolute Gasteiger partial charge is 0.337 e. The Morgan fingerprint density at radius 1 is 1.62 bits per heavy atom. The van der Waals surface area contributed by atoms with E-state index in [0.717, 1.165) is 0 Å². The van der Waals surface area contributed by atoms with E-state index in [2.05, 4.69) is 36.4 Å². The first kappa shape index (κ1) is 13.0. The Kier molecular flexibility index (Phi) is 4.72. The molecule has 0 aliphatic carbocycles. The molecule has 1 aromatic rings. The molecule has 0 aliphatic heterocycles.